The van der Waals surface area contributed by atoms with E-state index in [0.717, 1.165) is 53.3 Å². The summed E-state index contributed by atoms with van der Waals surface area (Å²) < 4.78 is 11.7. The Morgan fingerprint density at radius 1 is 0.909 bits per heavy atom. The number of aromatic nitrogens is 1. The molecule has 33 heavy (non-hydrogen) atoms. The van der Waals surface area contributed by atoms with Gasteiger partial charge in [-0.25, -0.2) is 4.98 Å². The second kappa shape index (κ2) is 9.33. The number of rotatable bonds is 7. The Morgan fingerprint density at radius 3 is 2.33 bits per heavy atom. The van der Waals surface area contributed by atoms with E-state index in [1.807, 2.05) is 60.7 Å². The first-order chi connectivity index (χ1) is 16.2. The molecule has 0 aliphatic heterocycles. The van der Waals surface area contributed by atoms with E-state index in [9.17, 15) is 9.90 Å². The summed E-state index contributed by atoms with van der Waals surface area (Å²) in [7, 11) is 0. The molecule has 0 bridgehead atoms. The van der Waals surface area contributed by atoms with Crippen LogP contribution in [-0.2, 0) is 4.79 Å². The fourth-order valence-electron chi connectivity index (χ4n) is 4.60. The minimum Gasteiger partial charge on any atom is -0.546 e. The third kappa shape index (κ3) is 4.67. The van der Waals surface area contributed by atoms with Crippen molar-refractivity contribution in [2.75, 3.05) is 6.61 Å². The van der Waals surface area contributed by atoms with Crippen LogP contribution in [0.3, 0.4) is 0 Å². The average molecular weight is 439 g/mol. The molecule has 4 aromatic rings. The van der Waals surface area contributed by atoms with Crippen LogP contribution in [0.15, 0.2) is 89.3 Å². The highest BCUT2D eigenvalue weighted by Crippen LogP contribution is 2.46. The first kappa shape index (κ1) is 21.0. The van der Waals surface area contributed by atoms with Crippen LogP contribution in [-0.4, -0.2) is 17.6 Å². The van der Waals surface area contributed by atoms with Gasteiger partial charge in [0.2, 0.25) is 0 Å². The summed E-state index contributed by atoms with van der Waals surface area (Å²) >= 11 is 0. The molecule has 166 valence electrons. The van der Waals surface area contributed by atoms with Crippen molar-refractivity contribution in [3.05, 3.63) is 96.4 Å². The molecule has 2 atom stereocenters. The Kier molecular flexibility index (Phi) is 5.94. The van der Waals surface area contributed by atoms with Crippen molar-refractivity contribution in [3.8, 4) is 28.3 Å². The Balaban J connectivity index is 1.40. The molecule has 1 saturated carbocycles. The number of benzene rings is 3. The number of carbonyl (C=O) groups excluding carboxylic acids is 1. The van der Waals surface area contributed by atoms with Gasteiger partial charge in [0.25, 0.3) is 0 Å². The molecule has 2 unspecified atom stereocenters. The van der Waals surface area contributed by atoms with Gasteiger partial charge in [-0.1, -0.05) is 72.8 Å². The lowest BCUT2D eigenvalue weighted by atomic mass is 9.96. The predicted octanol–water partition coefficient (Wildman–Crippen LogP) is 5.19. The molecular weight excluding hydrogens is 414 g/mol. The maximum absolute atomic E-state index is 10.7. The molecule has 1 aliphatic carbocycles. The molecule has 1 fully saturated rings. The zero-order chi connectivity index (χ0) is 22.6. The number of nitrogens with zero attached hydrogens (tertiary/aromatic N) is 1. The summed E-state index contributed by atoms with van der Waals surface area (Å²) in [5, 5.41) is 10.7. The van der Waals surface area contributed by atoms with Crippen molar-refractivity contribution in [1.82, 2.24) is 4.98 Å². The first-order valence-corrected chi connectivity index (χ1v) is 11.2. The standard InChI is InChI=1S/C28H25NO4/c30-25(31)18-32-24-13-7-12-21(17-24)22-14-15-23(16-22)28-29-26(19-8-3-1-4-9-19)27(33-28)20-10-5-2-6-11-20/h1-13,17,22-23H,14-16,18H2,(H,30,31)/p-1. The first-order valence-electron chi connectivity index (χ1n) is 11.2. The van der Waals surface area contributed by atoms with E-state index in [0.29, 0.717) is 11.7 Å². The van der Waals surface area contributed by atoms with Crippen LogP contribution in [0, 0.1) is 0 Å². The number of oxazole rings is 1. The van der Waals surface area contributed by atoms with Crippen molar-refractivity contribution < 1.29 is 19.1 Å². The Labute approximate surface area is 192 Å². The highest BCUT2D eigenvalue weighted by Gasteiger charge is 2.32. The monoisotopic (exact) mass is 438 g/mol. The van der Waals surface area contributed by atoms with E-state index in [1.54, 1.807) is 6.07 Å². The highest BCUT2D eigenvalue weighted by atomic mass is 16.5. The van der Waals surface area contributed by atoms with Crippen molar-refractivity contribution in [2.24, 2.45) is 0 Å². The van der Waals surface area contributed by atoms with Gasteiger partial charge in [-0.05, 0) is 42.9 Å². The van der Waals surface area contributed by atoms with Crippen molar-refractivity contribution in [1.29, 1.82) is 0 Å². The molecule has 1 aliphatic rings. The van der Waals surface area contributed by atoms with Crippen LogP contribution in [0.1, 0.15) is 42.6 Å². The van der Waals surface area contributed by atoms with Gasteiger partial charge in [0.05, 0.1) is 5.97 Å². The fraction of sp³-hybridized carbons (Fsp3) is 0.214. The van der Waals surface area contributed by atoms with Crippen molar-refractivity contribution in [3.63, 3.8) is 0 Å². The molecule has 0 spiro atoms. The summed E-state index contributed by atoms with van der Waals surface area (Å²) in [5.41, 5.74) is 4.07. The number of carboxylic acids is 1. The van der Waals surface area contributed by atoms with Gasteiger partial charge in [0.15, 0.2) is 11.7 Å². The molecule has 1 aromatic heterocycles. The van der Waals surface area contributed by atoms with E-state index in [2.05, 4.69) is 18.2 Å². The smallest absolute Gasteiger partial charge is 0.198 e. The molecule has 5 nitrogen and oxygen atoms in total. The molecule has 0 N–H and O–H groups in total. The lowest BCUT2D eigenvalue weighted by molar-refractivity contribution is -0.307. The van der Waals surface area contributed by atoms with Gasteiger partial charge in [-0.3, -0.25) is 0 Å². The summed E-state index contributed by atoms with van der Waals surface area (Å²) in [6.45, 7) is -0.447. The second-order valence-electron chi connectivity index (χ2n) is 8.40. The lowest BCUT2D eigenvalue weighted by Crippen LogP contribution is -2.28. The number of hydrogen-bond donors (Lipinski definition) is 0. The number of hydrogen-bond acceptors (Lipinski definition) is 5. The van der Waals surface area contributed by atoms with Crippen LogP contribution in [0.4, 0.5) is 0 Å². The maximum atomic E-state index is 10.7. The Hall–Kier alpha value is -3.86. The fourth-order valence-corrected chi connectivity index (χ4v) is 4.60. The van der Waals surface area contributed by atoms with Gasteiger partial charge in [-0.15, -0.1) is 0 Å². The van der Waals surface area contributed by atoms with Gasteiger partial charge in [0, 0.05) is 17.0 Å². The SMILES string of the molecule is O=C([O-])COc1cccc(C2CCC(c3nc(-c4ccccc4)c(-c4ccccc4)o3)C2)c1. The Bertz CT molecular complexity index is 1180. The van der Waals surface area contributed by atoms with Gasteiger partial charge in [-0.2, -0.15) is 0 Å². The van der Waals surface area contributed by atoms with Crippen molar-refractivity contribution in [2.45, 2.75) is 31.1 Å². The molecule has 3 aromatic carbocycles. The zero-order valence-corrected chi connectivity index (χ0v) is 18.1. The summed E-state index contributed by atoms with van der Waals surface area (Å²) in [4.78, 5) is 15.7. The molecule has 1 heterocycles. The molecular formula is C28H24NO4-. The molecule has 5 rings (SSSR count). The van der Waals surface area contributed by atoms with Crippen LogP contribution in [0.2, 0.25) is 0 Å². The van der Waals surface area contributed by atoms with E-state index >= 15 is 0 Å². The summed E-state index contributed by atoms with van der Waals surface area (Å²) in [6, 6.07) is 27.9. The number of carboxylic acid groups (broad SMARTS) is 1. The number of aliphatic carboxylic acids is 1. The third-order valence-electron chi connectivity index (χ3n) is 6.19. The second-order valence-corrected chi connectivity index (χ2v) is 8.40. The quantitative estimate of drug-likeness (QED) is 0.397. The highest BCUT2D eigenvalue weighted by molar-refractivity contribution is 5.76. The van der Waals surface area contributed by atoms with Gasteiger partial charge < -0.3 is 19.1 Å². The van der Waals surface area contributed by atoms with Crippen LogP contribution in [0.25, 0.3) is 22.6 Å². The zero-order valence-electron chi connectivity index (χ0n) is 18.1. The predicted molar refractivity (Wildman–Crippen MR) is 124 cm³/mol. The maximum Gasteiger partial charge on any atom is 0.198 e. The molecule has 5 heteroatoms. The topological polar surface area (TPSA) is 75.4 Å². The molecule has 0 amide bonds. The summed E-state index contributed by atoms with van der Waals surface area (Å²) in [5.74, 6) is 1.47. The Morgan fingerprint density at radius 2 is 1.61 bits per heavy atom. The van der Waals surface area contributed by atoms with E-state index in [-0.39, 0.29) is 5.92 Å². The summed E-state index contributed by atoms with van der Waals surface area (Å²) in [6.07, 6.45) is 2.92. The van der Waals surface area contributed by atoms with E-state index < -0.39 is 12.6 Å². The lowest BCUT2D eigenvalue weighted by Gasteiger charge is -2.13. The molecule has 0 radical (unpaired) electrons. The van der Waals surface area contributed by atoms with Gasteiger partial charge >= 0.3 is 0 Å². The van der Waals surface area contributed by atoms with Gasteiger partial charge in [0.1, 0.15) is 18.1 Å². The van der Waals surface area contributed by atoms with Crippen LogP contribution < -0.4 is 9.84 Å². The largest absolute Gasteiger partial charge is 0.546 e. The number of ether oxygens (including phenoxy) is 1. The van der Waals surface area contributed by atoms with E-state index in [1.165, 1.54) is 0 Å². The van der Waals surface area contributed by atoms with Crippen LogP contribution in [0.5, 0.6) is 5.75 Å². The van der Waals surface area contributed by atoms with Crippen molar-refractivity contribution >= 4 is 5.97 Å². The third-order valence-corrected chi connectivity index (χ3v) is 6.19. The van der Waals surface area contributed by atoms with E-state index in [4.69, 9.17) is 14.1 Å². The minimum absolute atomic E-state index is 0.225. The van der Waals surface area contributed by atoms with Crippen LogP contribution >= 0.6 is 0 Å². The minimum atomic E-state index is -1.23. The normalized spacial score (nSPS) is 17.7. The number of carbonyl (C=O) groups is 1. The molecule has 0 saturated heterocycles. The average Bonchev–Trinajstić information content (AvgIpc) is 3.52.